The first-order valence-corrected chi connectivity index (χ1v) is 7.09. The van der Waals surface area contributed by atoms with Crippen molar-refractivity contribution in [3.05, 3.63) is 30.4 Å². The van der Waals surface area contributed by atoms with Crippen LogP contribution in [-0.2, 0) is 12.7 Å². The molecule has 0 bridgehead atoms. The van der Waals surface area contributed by atoms with Gasteiger partial charge in [0.25, 0.3) is 5.82 Å². The third-order valence-electron chi connectivity index (χ3n) is 2.83. The Morgan fingerprint density at radius 2 is 2.14 bits per heavy atom. The number of halogens is 3. The second kappa shape index (κ2) is 5.06. The van der Waals surface area contributed by atoms with E-state index in [0.717, 1.165) is 34.4 Å². The first kappa shape index (κ1) is 13.9. The lowest BCUT2D eigenvalue weighted by Gasteiger charge is -2.00. The minimum absolute atomic E-state index is 0.128. The SMILES string of the molecule is CCC[n+]1cccc(-c2nn3c(C(F)(F)F)nnc3s2)c1. The van der Waals surface area contributed by atoms with Crippen molar-refractivity contribution in [2.75, 3.05) is 0 Å². The Balaban J connectivity index is 2.05. The van der Waals surface area contributed by atoms with Crippen LogP contribution in [0.3, 0.4) is 0 Å². The molecule has 0 amide bonds. The van der Waals surface area contributed by atoms with Gasteiger partial charge in [-0.25, -0.2) is 4.57 Å². The molecule has 0 N–H and O–H groups in total. The van der Waals surface area contributed by atoms with Crippen molar-refractivity contribution in [3.8, 4) is 10.6 Å². The summed E-state index contributed by atoms with van der Waals surface area (Å²) >= 11 is 1.08. The lowest BCUT2D eigenvalue weighted by atomic mass is 10.3. The lowest BCUT2D eigenvalue weighted by molar-refractivity contribution is -0.696. The van der Waals surface area contributed by atoms with Gasteiger partial charge >= 0.3 is 6.18 Å². The minimum atomic E-state index is -4.57. The largest absolute Gasteiger partial charge is 0.453 e. The summed E-state index contributed by atoms with van der Waals surface area (Å²) in [6.45, 7) is 2.89. The first-order valence-electron chi connectivity index (χ1n) is 6.28. The molecule has 110 valence electrons. The van der Waals surface area contributed by atoms with Crippen LogP contribution < -0.4 is 4.57 Å². The van der Waals surface area contributed by atoms with Gasteiger partial charge < -0.3 is 0 Å². The van der Waals surface area contributed by atoms with E-state index >= 15 is 0 Å². The number of alkyl halides is 3. The molecule has 5 nitrogen and oxygen atoms in total. The lowest BCUT2D eigenvalue weighted by Crippen LogP contribution is -2.32. The number of hydrogen-bond donors (Lipinski definition) is 0. The van der Waals surface area contributed by atoms with Gasteiger partial charge in [-0.15, -0.1) is 10.2 Å². The van der Waals surface area contributed by atoms with Crippen LogP contribution in [0.5, 0.6) is 0 Å². The molecule has 3 rings (SSSR count). The summed E-state index contributed by atoms with van der Waals surface area (Å²) < 4.78 is 41.0. The van der Waals surface area contributed by atoms with Gasteiger partial charge in [-0.2, -0.15) is 22.8 Å². The molecular weight excluding hydrogens is 303 g/mol. The Labute approximate surface area is 121 Å². The predicted octanol–water partition coefficient (Wildman–Crippen LogP) is 2.57. The van der Waals surface area contributed by atoms with Crippen LogP contribution in [0, 0.1) is 0 Å². The number of aryl methyl sites for hydroxylation is 1. The molecule has 0 aliphatic carbocycles. The summed E-state index contributed by atoms with van der Waals surface area (Å²) in [7, 11) is 0. The molecule has 3 aromatic rings. The third-order valence-corrected chi connectivity index (χ3v) is 3.78. The van der Waals surface area contributed by atoms with Crippen LogP contribution in [0.4, 0.5) is 13.2 Å². The molecule has 0 saturated carbocycles. The number of aromatic nitrogens is 5. The van der Waals surface area contributed by atoms with E-state index in [0.29, 0.717) is 5.01 Å². The van der Waals surface area contributed by atoms with E-state index in [2.05, 4.69) is 22.2 Å². The maximum atomic E-state index is 12.8. The van der Waals surface area contributed by atoms with Gasteiger partial charge in [0, 0.05) is 12.5 Å². The highest BCUT2D eigenvalue weighted by Crippen LogP contribution is 2.31. The van der Waals surface area contributed by atoms with E-state index in [9.17, 15) is 13.2 Å². The van der Waals surface area contributed by atoms with Crippen LogP contribution in [-0.4, -0.2) is 19.8 Å². The van der Waals surface area contributed by atoms with Gasteiger partial charge in [-0.3, -0.25) is 0 Å². The molecule has 0 aliphatic heterocycles. The first-order chi connectivity index (χ1) is 9.99. The fourth-order valence-corrected chi connectivity index (χ4v) is 2.79. The Bertz CT molecular complexity index is 777. The second-order valence-electron chi connectivity index (χ2n) is 4.45. The van der Waals surface area contributed by atoms with Crippen LogP contribution >= 0.6 is 11.3 Å². The van der Waals surface area contributed by atoms with E-state index < -0.39 is 12.0 Å². The summed E-state index contributed by atoms with van der Waals surface area (Å²) in [6.07, 6.45) is 0.178. The standard InChI is InChI=1S/C12H11F3N5S/c1-2-5-19-6-3-4-8(7-19)9-18-20-10(12(13,14)15)16-17-11(20)21-9/h3-4,6-7H,2,5H2,1H3/q+1. The van der Waals surface area contributed by atoms with Crippen LogP contribution in [0.2, 0.25) is 0 Å². The predicted molar refractivity (Wildman–Crippen MR) is 69.6 cm³/mol. The number of pyridine rings is 1. The molecule has 0 unspecified atom stereocenters. The number of nitrogens with zero attached hydrogens (tertiary/aromatic N) is 5. The van der Waals surface area contributed by atoms with Crippen LogP contribution in [0.1, 0.15) is 19.2 Å². The van der Waals surface area contributed by atoms with Crippen molar-refractivity contribution >= 4 is 16.3 Å². The van der Waals surface area contributed by atoms with Crippen molar-refractivity contribution in [1.29, 1.82) is 0 Å². The molecule has 0 fully saturated rings. The molecule has 0 aromatic carbocycles. The molecule has 0 radical (unpaired) electrons. The Morgan fingerprint density at radius 1 is 1.33 bits per heavy atom. The number of rotatable bonds is 3. The van der Waals surface area contributed by atoms with Crippen molar-refractivity contribution < 1.29 is 17.7 Å². The van der Waals surface area contributed by atoms with E-state index in [-0.39, 0.29) is 4.96 Å². The van der Waals surface area contributed by atoms with E-state index in [1.54, 1.807) is 0 Å². The highest BCUT2D eigenvalue weighted by Gasteiger charge is 2.38. The van der Waals surface area contributed by atoms with Crippen molar-refractivity contribution in [3.63, 3.8) is 0 Å². The average molecular weight is 314 g/mol. The van der Waals surface area contributed by atoms with Crippen molar-refractivity contribution in [2.24, 2.45) is 0 Å². The Morgan fingerprint density at radius 3 is 2.86 bits per heavy atom. The fraction of sp³-hybridized carbons (Fsp3) is 0.333. The highest BCUT2D eigenvalue weighted by atomic mass is 32.1. The fourth-order valence-electron chi connectivity index (χ4n) is 1.96. The Hall–Kier alpha value is -2.03. The zero-order valence-electron chi connectivity index (χ0n) is 11.0. The molecular formula is C12H11F3N5S+. The van der Waals surface area contributed by atoms with Gasteiger partial charge in [0.2, 0.25) is 4.96 Å². The maximum Gasteiger partial charge on any atom is 0.453 e. The average Bonchev–Trinajstić information content (AvgIpc) is 2.97. The smallest absolute Gasteiger partial charge is 0.204 e. The summed E-state index contributed by atoms with van der Waals surface area (Å²) in [4.78, 5) is 0.128. The van der Waals surface area contributed by atoms with Gasteiger partial charge in [0.05, 0.1) is 5.56 Å². The molecule has 21 heavy (non-hydrogen) atoms. The molecule has 9 heteroatoms. The van der Waals surface area contributed by atoms with Gasteiger partial charge in [0.1, 0.15) is 6.54 Å². The summed E-state index contributed by atoms with van der Waals surface area (Å²) in [5.74, 6) is -1.10. The normalized spacial score (nSPS) is 12.2. The molecule has 0 aliphatic rings. The monoisotopic (exact) mass is 314 g/mol. The molecule has 3 aromatic heterocycles. The van der Waals surface area contributed by atoms with Crippen molar-refractivity contribution in [1.82, 2.24) is 19.8 Å². The van der Waals surface area contributed by atoms with Crippen LogP contribution in [0.15, 0.2) is 24.5 Å². The second-order valence-corrected chi connectivity index (χ2v) is 5.41. The highest BCUT2D eigenvalue weighted by molar-refractivity contribution is 7.19. The van der Waals surface area contributed by atoms with Gasteiger partial charge in [-0.1, -0.05) is 18.3 Å². The zero-order valence-corrected chi connectivity index (χ0v) is 11.8. The minimum Gasteiger partial charge on any atom is -0.204 e. The van der Waals surface area contributed by atoms with E-state index in [1.807, 2.05) is 29.1 Å². The molecule has 3 heterocycles. The van der Waals surface area contributed by atoms with E-state index in [4.69, 9.17) is 0 Å². The molecule has 0 spiro atoms. The molecule has 0 atom stereocenters. The zero-order chi connectivity index (χ0) is 15.0. The molecule has 0 saturated heterocycles. The topological polar surface area (TPSA) is 47.0 Å². The quantitative estimate of drug-likeness (QED) is 0.698. The van der Waals surface area contributed by atoms with Gasteiger partial charge in [-0.05, 0) is 6.07 Å². The maximum absolute atomic E-state index is 12.8. The van der Waals surface area contributed by atoms with E-state index in [1.165, 1.54) is 0 Å². The summed E-state index contributed by atoms with van der Waals surface area (Å²) in [5.41, 5.74) is 0.759. The summed E-state index contributed by atoms with van der Waals surface area (Å²) in [6, 6.07) is 3.66. The number of hydrogen-bond acceptors (Lipinski definition) is 4. The van der Waals surface area contributed by atoms with Crippen molar-refractivity contribution in [2.45, 2.75) is 26.1 Å². The third kappa shape index (κ3) is 2.60. The van der Waals surface area contributed by atoms with Crippen LogP contribution in [0.25, 0.3) is 15.5 Å². The van der Waals surface area contributed by atoms with Gasteiger partial charge in [0.15, 0.2) is 17.4 Å². The Kier molecular flexibility index (Phi) is 3.36. The summed E-state index contributed by atoms with van der Waals surface area (Å²) in [5, 5.41) is 11.1. The number of fused-ring (bicyclic) bond motifs is 1.